The van der Waals surface area contributed by atoms with Crippen LogP contribution in [0.3, 0.4) is 0 Å². The molecule has 1 N–H and O–H groups in total. The number of nitrogens with zero attached hydrogens (tertiary/aromatic N) is 2. The fourth-order valence-electron chi connectivity index (χ4n) is 3.98. The van der Waals surface area contributed by atoms with E-state index in [4.69, 9.17) is 23.2 Å². The first kappa shape index (κ1) is 22.3. The number of carbonyl (C=O) groups excluding carboxylic acids is 2. The van der Waals surface area contributed by atoms with Crippen LogP contribution >= 0.6 is 35.6 Å². The van der Waals surface area contributed by atoms with Crippen molar-refractivity contribution in [2.24, 2.45) is 5.92 Å². The SMILES string of the molecule is CNCC1CCCN1C(=O)C1CCCN(C(=O)c2ccc(Cl)c(Cl)c2)C1.Cl. The molecule has 0 aromatic heterocycles. The lowest BCUT2D eigenvalue weighted by Crippen LogP contribution is -2.49. The summed E-state index contributed by atoms with van der Waals surface area (Å²) in [5.41, 5.74) is 0.515. The Balaban J connectivity index is 0.00000261. The minimum Gasteiger partial charge on any atom is -0.338 e. The van der Waals surface area contributed by atoms with Crippen LogP contribution in [0, 0.1) is 5.92 Å². The van der Waals surface area contributed by atoms with E-state index in [1.807, 2.05) is 11.9 Å². The predicted molar refractivity (Wildman–Crippen MR) is 111 cm³/mol. The highest BCUT2D eigenvalue weighted by Gasteiger charge is 2.36. The second-order valence-corrected chi connectivity index (χ2v) is 7.92. The van der Waals surface area contributed by atoms with Crippen molar-refractivity contribution in [1.82, 2.24) is 15.1 Å². The third-order valence-corrected chi connectivity index (χ3v) is 6.06. The largest absolute Gasteiger partial charge is 0.338 e. The summed E-state index contributed by atoms with van der Waals surface area (Å²) in [6, 6.07) is 5.19. The van der Waals surface area contributed by atoms with E-state index in [1.165, 1.54) is 0 Å². The number of halogens is 3. The van der Waals surface area contributed by atoms with Gasteiger partial charge in [0.15, 0.2) is 0 Å². The highest BCUT2D eigenvalue weighted by molar-refractivity contribution is 6.42. The number of hydrogen-bond acceptors (Lipinski definition) is 3. The predicted octanol–water partition coefficient (Wildman–Crippen LogP) is 3.48. The van der Waals surface area contributed by atoms with Crippen molar-refractivity contribution in [2.45, 2.75) is 31.7 Å². The van der Waals surface area contributed by atoms with Gasteiger partial charge < -0.3 is 15.1 Å². The van der Waals surface area contributed by atoms with Crippen LogP contribution in [0.15, 0.2) is 18.2 Å². The summed E-state index contributed by atoms with van der Waals surface area (Å²) in [5.74, 6) is -0.0171. The summed E-state index contributed by atoms with van der Waals surface area (Å²) in [6.45, 7) is 2.79. The number of likely N-dealkylation sites (N-methyl/N-ethyl adjacent to an activating group) is 1. The molecule has 0 spiro atoms. The van der Waals surface area contributed by atoms with Gasteiger partial charge in [0.1, 0.15) is 0 Å². The van der Waals surface area contributed by atoms with E-state index in [-0.39, 0.29) is 36.2 Å². The second kappa shape index (κ2) is 9.97. The lowest BCUT2D eigenvalue weighted by molar-refractivity contribution is -0.137. The van der Waals surface area contributed by atoms with Crippen molar-refractivity contribution in [3.05, 3.63) is 33.8 Å². The molecule has 0 bridgehead atoms. The number of carbonyl (C=O) groups is 2. The van der Waals surface area contributed by atoms with E-state index in [1.54, 1.807) is 23.1 Å². The number of benzene rings is 1. The number of hydrogen-bond donors (Lipinski definition) is 1. The van der Waals surface area contributed by atoms with Crippen LogP contribution in [0.1, 0.15) is 36.0 Å². The van der Waals surface area contributed by atoms with Crippen molar-refractivity contribution in [2.75, 3.05) is 33.2 Å². The van der Waals surface area contributed by atoms with Crippen LogP contribution in [-0.2, 0) is 4.79 Å². The third kappa shape index (κ3) is 5.08. The summed E-state index contributed by atoms with van der Waals surface area (Å²) in [5, 5.41) is 3.97. The molecular formula is C19H26Cl3N3O2. The summed E-state index contributed by atoms with van der Waals surface area (Å²) >= 11 is 12.0. The molecule has 2 fully saturated rings. The first-order chi connectivity index (χ1) is 12.5. The van der Waals surface area contributed by atoms with Crippen LogP contribution in [0.25, 0.3) is 0 Å². The number of piperidine rings is 1. The zero-order valence-corrected chi connectivity index (χ0v) is 17.7. The van der Waals surface area contributed by atoms with E-state index < -0.39 is 0 Å². The van der Waals surface area contributed by atoms with Crippen LogP contribution in [0.2, 0.25) is 10.0 Å². The topological polar surface area (TPSA) is 52.7 Å². The normalized spacial score (nSPS) is 22.5. The van der Waals surface area contributed by atoms with Gasteiger partial charge in [-0.05, 0) is 50.9 Å². The van der Waals surface area contributed by atoms with E-state index >= 15 is 0 Å². The van der Waals surface area contributed by atoms with E-state index in [0.717, 1.165) is 38.8 Å². The average Bonchev–Trinajstić information content (AvgIpc) is 3.11. The van der Waals surface area contributed by atoms with E-state index in [0.29, 0.717) is 28.7 Å². The molecule has 2 unspecified atom stereocenters. The second-order valence-electron chi connectivity index (χ2n) is 7.10. The Bertz CT molecular complexity index is 686. The van der Waals surface area contributed by atoms with E-state index in [2.05, 4.69) is 5.32 Å². The Labute approximate surface area is 176 Å². The maximum atomic E-state index is 13.0. The Morgan fingerprint density at radius 3 is 2.59 bits per heavy atom. The van der Waals surface area contributed by atoms with Gasteiger partial charge in [-0.2, -0.15) is 0 Å². The minimum atomic E-state index is -0.118. The molecule has 150 valence electrons. The monoisotopic (exact) mass is 433 g/mol. The smallest absolute Gasteiger partial charge is 0.253 e. The minimum absolute atomic E-state index is 0. The summed E-state index contributed by atoms with van der Waals surface area (Å²) in [6.07, 6.45) is 3.78. The summed E-state index contributed by atoms with van der Waals surface area (Å²) < 4.78 is 0. The molecular weight excluding hydrogens is 409 g/mol. The Kier molecular flexibility index (Phi) is 8.22. The summed E-state index contributed by atoms with van der Waals surface area (Å²) in [7, 11) is 1.92. The van der Waals surface area contributed by atoms with E-state index in [9.17, 15) is 9.59 Å². The molecule has 1 aromatic rings. The molecule has 2 amide bonds. The molecule has 1 aromatic carbocycles. The molecule has 8 heteroatoms. The van der Waals surface area contributed by atoms with Crippen LogP contribution in [-0.4, -0.2) is 60.9 Å². The molecule has 2 aliphatic rings. The Hall–Kier alpha value is -1.01. The molecule has 2 heterocycles. The molecule has 27 heavy (non-hydrogen) atoms. The zero-order chi connectivity index (χ0) is 18.7. The Morgan fingerprint density at radius 1 is 1.15 bits per heavy atom. The third-order valence-electron chi connectivity index (χ3n) is 5.32. The number of rotatable bonds is 4. The van der Waals surface area contributed by atoms with Crippen LogP contribution < -0.4 is 5.32 Å². The average molecular weight is 435 g/mol. The summed E-state index contributed by atoms with van der Waals surface area (Å²) in [4.78, 5) is 29.6. The van der Waals surface area contributed by atoms with Crippen molar-refractivity contribution >= 4 is 47.4 Å². The molecule has 2 saturated heterocycles. The zero-order valence-electron chi connectivity index (χ0n) is 15.4. The number of likely N-dealkylation sites (tertiary alicyclic amines) is 2. The molecule has 0 aliphatic carbocycles. The first-order valence-corrected chi connectivity index (χ1v) is 9.96. The molecule has 0 radical (unpaired) electrons. The van der Waals surface area contributed by atoms with Gasteiger partial charge in [0.05, 0.1) is 16.0 Å². The highest BCUT2D eigenvalue weighted by atomic mass is 35.5. The van der Waals surface area contributed by atoms with Gasteiger partial charge in [-0.15, -0.1) is 12.4 Å². The molecule has 0 saturated carbocycles. The lowest BCUT2D eigenvalue weighted by Gasteiger charge is -2.35. The van der Waals surface area contributed by atoms with Crippen molar-refractivity contribution < 1.29 is 9.59 Å². The fraction of sp³-hybridized carbons (Fsp3) is 0.579. The van der Waals surface area contributed by atoms with Crippen LogP contribution in [0.5, 0.6) is 0 Å². The maximum Gasteiger partial charge on any atom is 0.253 e. The molecule has 2 atom stereocenters. The first-order valence-electron chi connectivity index (χ1n) is 9.20. The molecule has 5 nitrogen and oxygen atoms in total. The maximum absolute atomic E-state index is 13.0. The van der Waals surface area contributed by atoms with Gasteiger partial charge >= 0.3 is 0 Å². The van der Waals surface area contributed by atoms with Gasteiger partial charge in [0, 0.05) is 37.8 Å². The van der Waals surface area contributed by atoms with Gasteiger partial charge in [0.2, 0.25) is 5.91 Å². The van der Waals surface area contributed by atoms with Crippen molar-refractivity contribution in [3.63, 3.8) is 0 Å². The van der Waals surface area contributed by atoms with Crippen LogP contribution in [0.4, 0.5) is 0 Å². The van der Waals surface area contributed by atoms with Gasteiger partial charge in [-0.1, -0.05) is 23.2 Å². The van der Waals surface area contributed by atoms with Gasteiger partial charge in [-0.25, -0.2) is 0 Å². The molecule has 3 rings (SSSR count). The standard InChI is InChI=1S/C19H25Cl2N3O2.ClH/c1-22-11-15-5-3-9-24(15)19(26)14-4-2-8-23(12-14)18(25)13-6-7-16(20)17(21)10-13;/h6-7,10,14-15,22H,2-5,8-9,11-12H2,1H3;1H. The van der Waals surface area contributed by atoms with Crippen molar-refractivity contribution in [3.8, 4) is 0 Å². The highest BCUT2D eigenvalue weighted by Crippen LogP contribution is 2.27. The quantitative estimate of drug-likeness (QED) is 0.789. The molecule has 2 aliphatic heterocycles. The van der Waals surface area contributed by atoms with Crippen molar-refractivity contribution in [1.29, 1.82) is 0 Å². The Morgan fingerprint density at radius 2 is 1.89 bits per heavy atom. The number of nitrogens with one attached hydrogen (secondary N) is 1. The lowest BCUT2D eigenvalue weighted by atomic mass is 9.95. The van der Waals surface area contributed by atoms with Gasteiger partial charge in [-0.3, -0.25) is 9.59 Å². The van der Waals surface area contributed by atoms with Gasteiger partial charge in [0.25, 0.3) is 5.91 Å². The number of amides is 2. The fourth-order valence-corrected chi connectivity index (χ4v) is 4.28.